The largest absolute Gasteiger partial charge is 0.363 e. The first kappa shape index (κ1) is 22.8. The normalized spacial score (nSPS) is 18.1. The van der Waals surface area contributed by atoms with Crippen molar-refractivity contribution in [3.05, 3.63) is 83.6 Å². The molecule has 1 heterocycles. The van der Waals surface area contributed by atoms with Crippen LogP contribution in [0.5, 0.6) is 0 Å². The Morgan fingerprint density at radius 3 is 1.97 bits per heavy atom. The second-order valence-electron chi connectivity index (χ2n) is 9.04. The Bertz CT molecular complexity index is 1010. The average Bonchev–Trinajstić information content (AvgIpc) is 2.81. The van der Waals surface area contributed by atoms with Crippen LogP contribution in [0, 0.1) is 6.92 Å². The topological polar surface area (TPSA) is 70.2 Å². The molecule has 33 heavy (non-hydrogen) atoms. The number of aryl methyl sites for hydroxylation is 1. The molecule has 0 unspecified atom stereocenters. The minimum absolute atomic E-state index is 0.0708. The molecule has 2 aromatic carbocycles. The first-order valence-electron chi connectivity index (χ1n) is 11.7. The molecule has 1 aromatic heterocycles. The molecular weight excluding hydrogens is 410 g/mol. The van der Waals surface area contributed by atoms with Crippen LogP contribution in [-0.2, 0) is 4.79 Å². The number of carbonyl (C=O) groups excluding carboxylic acids is 1. The van der Waals surface area contributed by atoms with E-state index >= 15 is 0 Å². The van der Waals surface area contributed by atoms with E-state index in [1.807, 2.05) is 92.6 Å². The number of hydrogen-bond acceptors (Lipinski definition) is 5. The summed E-state index contributed by atoms with van der Waals surface area (Å²) < 4.78 is 0. The summed E-state index contributed by atoms with van der Waals surface area (Å²) in [6.07, 6.45) is 3.82. The number of nitrogens with zero attached hydrogens (tertiary/aromatic N) is 3. The van der Waals surface area contributed by atoms with E-state index in [2.05, 4.69) is 20.6 Å². The van der Waals surface area contributed by atoms with Gasteiger partial charge in [-0.25, -0.2) is 4.98 Å². The Morgan fingerprint density at radius 1 is 0.879 bits per heavy atom. The van der Waals surface area contributed by atoms with Gasteiger partial charge in [0.25, 0.3) is 0 Å². The smallest absolute Gasteiger partial charge is 0.232 e. The molecule has 0 atom stereocenters. The van der Waals surface area contributed by atoms with Crippen LogP contribution in [0.1, 0.15) is 48.4 Å². The van der Waals surface area contributed by atoms with Crippen LogP contribution >= 0.6 is 0 Å². The van der Waals surface area contributed by atoms with Crippen molar-refractivity contribution in [1.29, 1.82) is 0 Å². The lowest BCUT2D eigenvalue weighted by molar-refractivity contribution is -0.122. The third-order valence-corrected chi connectivity index (χ3v) is 6.23. The van der Waals surface area contributed by atoms with E-state index in [1.54, 1.807) is 0 Å². The molecular formula is C27H33N5O. The predicted molar refractivity (Wildman–Crippen MR) is 134 cm³/mol. The van der Waals surface area contributed by atoms with E-state index in [1.165, 1.54) is 0 Å². The fraction of sp³-hybridized carbons (Fsp3) is 0.370. The van der Waals surface area contributed by atoms with Gasteiger partial charge in [0.1, 0.15) is 5.82 Å². The van der Waals surface area contributed by atoms with Crippen LogP contribution in [0.2, 0.25) is 0 Å². The standard InChI is InChI=1S/C27H33N5O/c1-19-18-24(32(2)3)31-27(28-19)30-23-16-14-22(15-17-23)29-26(33)25(20-10-6-4-7-11-20)21-12-8-5-9-13-21/h4-13,18,22-23,25H,14-17H2,1-3H3,(H,29,33)(H,28,30,31). The predicted octanol–water partition coefficient (Wildman–Crippen LogP) is 4.52. The van der Waals surface area contributed by atoms with Crippen molar-refractivity contribution in [2.45, 2.75) is 50.6 Å². The molecule has 2 N–H and O–H groups in total. The zero-order chi connectivity index (χ0) is 23.2. The number of nitrogens with one attached hydrogen (secondary N) is 2. The molecule has 1 saturated carbocycles. The van der Waals surface area contributed by atoms with Gasteiger partial charge in [0.2, 0.25) is 11.9 Å². The molecule has 0 radical (unpaired) electrons. The minimum atomic E-state index is -0.298. The van der Waals surface area contributed by atoms with Gasteiger partial charge in [-0.3, -0.25) is 4.79 Å². The summed E-state index contributed by atoms with van der Waals surface area (Å²) in [6.45, 7) is 1.99. The molecule has 1 aliphatic carbocycles. The molecule has 1 aliphatic rings. The Labute approximate surface area is 196 Å². The molecule has 6 heteroatoms. The molecule has 4 rings (SSSR count). The lowest BCUT2D eigenvalue weighted by atomic mass is 9.88. The maximum Gasteiger partial charge on any atom is 0.232 e. The summed E-state index contributed by atoms with van der Waals surface area (Å²) in [4.78, 5) is 24.5. The van der Waals surface area contributed by atoms with Crippen LogP contribution in [-0.4, -0.2) is 42.1 Å². The second kappa shape index (κ2) is 10.5. The highest BCUT2D eigenvalue weighted by Gasteiger charge is 2.28. The maximum absolute atomic E-state index is 13.4. The molecule has 0 spiro atoms. The number of amides is 1. The van der Waals surface area contributed by atoms with Gasteiger partial charge in [-0.15, -0.1) is 0 Å². The van der Waals surface area contributed by atoms with Crippen LogP contribution in [0.4, 0.5) is 11.8 Å². The molecule has 3 aromatic rings. The summed E-state index contributed by atoms with van der Waals surface area (Å²) in [6, 6.07) is 22.5. The van der Waals surface area contributed by atoms with Crippen molar-refractivity contribution >= 4 is 17.7 Å². The average molecular weight is 444 g/mol. The molecule has 0 bridgehead atoms. The number of carbonyl (C=O) groups is 1. The van der Waals surface area contributed by atoms with E-state index < -0.39 is 0 Å². The van der Waals surface area contributed by atoms with Gasteiger partial charge < -0.3 is 15.5 Å². The highest BCUT2D eigenvalue weighted by atomic mass is 16.1. The first-order valence-corrected chi connectivity index (χ1v) is 11.7. The van der Waals surface area contributed by atoms with Crippen molar-refractivity contribution < 1.29 is 4.79 Å². The summed E-state index contributed by atoms with van der Waals surface area (Å²) in [5.41, 5.74) is 2.99. The van der Waals surface area contributed by atoms with Gasteiger partial charge in [-0.05, 0) is 43.7 Å². The molecule has 1 fully saturated rings. The van der Waals surface area contributed by atoms with E-state index in [0.717, 1.165) is 48.3 Å². The minimum Gasteiger partial charge on any atom is -0.363 e. The van der Waals surface area contributed by atoms with E-state index in [0.29, 0.717) is 12.0 Å². The van der Waals surface area contributed by atoms with E-state index in [4.69, 9.17) is 0 Å². The number of anilines is 2. The first-order chi connectivity index (χ1) is 16.0. The number of hydrogen-bond donors (Lipinski definition) is 2. The molecule has 172 valence electrons. The van der Waals surface area contributed by atoms with Gasteiger partial charge in [-0.2, -0.15) is 4.98 Å². The lowest BCUT2D eigenvalue weighted by Gasteiger charge is -2.31. The Morgan fingerprint density at radius 2 is 1.42 bits per heavy atom. The zero-order valence-corrected chi connectivity index (χ0v) is 19.7. The highest BCUT2D eigenvalue weighted by Crippen LogP contribution is 2.27. The quantitative estimate of drug-likeness (QED) is 0.562. The summed E-state index contributed by atoms with van der Waals surface area (Å²) >= 11 is 0. The third kappa shape index (κ3) is 5.89. The van der Waals surface area contributed by atoms with Crippen molar-refractivity contribution in [3.63, 3.8) is 0 Å². The van der Waals surface area contributed by atoms with Gasteiger partial charge >= 0.3 is 0 Å². The van der Waals surface area contributed by atoms with E-state index in [-0.39, 0.29) is 17.9 Å². The number of rotatable bonds is 7. The summed E-state index contributed by atoms with van der Waals surface area (Å²) in [5, 5.41) is 6.83. The highest BCUT2D eigenvalue weighted by molar-refractivity contribution is 5.87. The second-order valence-corrected chi connectivity index (χ2v) is 9.04. The summed E-state index contributed by atoms with van der Waals surface area (Å²) in [5.74, 6) is 1.35. The van der Waals surface area contributed by atoms with Crippen LogP contribution < -0.4 is 15.5 Å². The van der Waals surface area contributed by atoms with Crippen LogP contribution in [0.3, 0.4) is 0 Å². The maximum atomic E-state index is 13.4. The van der Waals surface area contributed by atoms with Gasteiger partial charge in [0, 0.05) is 37.9 Å². The molecule has 0 aliphatic heterocycles. The van der Waals surface area contributed by atoms with Crippen LogP contribution in [0.15, 0.2) is 66.7 Å². The SMILES string of the molecule is Cc1cc(N(C)C)nc(NC2CCC(NC(=O)C(c3ccccc3)c3ccccc3)CC2)n1. The van der Waals surface area contributed by atoms with Crippen molar-refractivity contribution in [2.24, 2.45) is 0 Å². The summed E-state index contributed by atoms with van der Waals surface area (Å²) in [7, 11) is 3.97. The van der Waals surface area contributed by atoms with Crippen molar-refractivity contribution in [1.82, 2.24) is 15.3 Å². The number of aromatic nitrogens is 2. The Balaban J connectivity index is 1.37. The third-order valence-electron chi connectivity index (χ3n) is 6.23. The Kier molecular flexibility index (Phi) is 7.23. The van der Waals surface area contributed by atoms with Crippen molar-refractivity contribution in [2.75, 3.05) is 24.3 Å². The van der Waals surface area contributed by atoms with Gasteiger partial charge in [0.15, 0.2) is 0 Å². The van der Waals surface area contributed by atoms with Crippen LogP contribution in [0.25, 0.3) is 0 Å². The lowest BCUT2D eigenvalue weighted by Crippen LogP contribution is -2.42. The Hall–Kier alpha value is -3.41. The van der Waals surface area contributed by atoms with Gasteiger partial charge in [0.05, 0.1) is 5.92 Å². The van der Waals surface area contributed by atoms with Crippen molar-refractivity contribution in [3.8, 4) is 0 Å². The van der Waals surface area contributed by atoms with E-state index in [9.17, 15) is 4.79 Å². The number of benzene rings is 2. The molecule has 0 saturated heterocycles. The molecule has 1 amide bonds. The zero-order valence-electron chi connectivity index (χ0n) is 19.7. The fourth-order valence-corrected chi connectivity index (χ4v) is 4.48. The molecule has 6 nitrogen and oxygen atoms in total. The van der Waals surface area contributed by atoms with Gasteiger partial charge in [-0.1, -0.05) is 60.7 Å². The fourth-order valence-electron chi connectivity index (χ4n) is 4.48. The monoisotopic (exact) mass is 443 g/mol.